The highest BCUT2D eigenvalue weighted by atomic mass is 16.3. The van der Waals surface area contributed by atoms with Crippen molar-refractivity contribution in [2.24, 2.45) is 11.8 Å². The van der Waals surface area contributed by atoms with Crippen molar-refractivity contribution in [2.75, 3.05) is 13.1 Å². The maximum absolute atomic E-state index is 12.5. The van der Waals surface area contributed by atoms with Crippen molar-refractivity contribution in [1.29, 1.82) is 0 Å². The van der Waals surface area contributed by atoms with E-state index in [2.05, 4.69) is 0 Å². The molecule has 1 aliphatic carbocycles. The number of fused-ring (bicyclic) bond motifs is 1. The van der Waals surface area contributed by atoms with Crippen LogP contribution in [0.15, 0.2) is 18.2 Å². The van der Waals surface area contributed by atoms with Gasteiger partial charge in [-0.2, -0.15) is 0 Å². The standard InChI is InChI=1S/C16H21NO3/c18-14-7-3-6-13(15(14)19)16(20)17-9-8-11-4-1-2-5-12(11)10-17/h3,6-7,11-12,18-19H,1-2,4-5,8-10H2. The highest BCUT2D eigenvalue weighted by Gasteiger charge is 2.33. The Hall–Kier alpha value is -1.71. The number of carbonyl (C=O) groups excluding carboxylic acids is 1. The van der Waals surface area contributed by atoms with Gasteiger partial charge in [0.25, 0.3) is 5.91 Å². The van der Waals surface area contributed by atoms with E-state index >= 15 is 0 Å². The van der Waals surface area contributed by atoms with E-state index in [1.54, 1.807) is 12.1 Å². The van der Waals surface area contributed by atoms with Gasteiger partial charge in [0.2, 0.25) is 0 Å². The molecule has 0 aromatic heterocycles. The molecule has 4 nitrogen and oxygen atoms in total. The molecule has 3 rings (SSSR count). The van der Waals surface area contributed by atoms with Crippen molar-refractivity contribution >= 4 is 5.91 Å². The van der Waals surface area contributed by atoms with Crippen LogP contribution in [0.4, 0.5) is 0 Å². The van der Waals surface area contributed by atoms with Crippen molar-refractivity contribution in [2.45, 2.75) is 32.1 Å². The first-order valence-corrected chi connectivity index (χ1v) is 7.47. The Morgan fingerprint density at radius 1 is 1.10 bits per heavy atom. The zero-order valence-corrected chi connectivity index (χ0v) is 11.6. The van der Waals surface area contributed by atoms with Gasteiger partial charge >= 0.3 is 0 Å². The van der Waals surface area contributed by atoms with Crippen LogP contribution in [0.1, 0.15) is 42.5 Å². The second-order valence-electron chi connectivity index (χ2n) is 6.02. The topological polar surface area (TPSA) is 60.8 Å². The number of benzene rings is 1. The molecule has 1 aromatic rings. The maximum atomic E-state index is 12.5. The molecular formula is C16H21NO3. The van der Waals surface area contributed by atoms with E-state index in [1.165, 1.54) is 31.7 Å². The first-order chi connectivity index (χ1) is 9.66. The lowest BCUT2D eigenvalue weighted by atomic mass is 9.75. The van der Waals surface area contributed by atoms with Crippen LogP contribution >= 0.6 is 0 Å². The van der Waals surface area contributed by atoms with Gasteiger partial charge in [0.15, 0.2) is 11.5 Å². The Bertz CT molecular complexity index is 514. The third-order valence-electron chi connectivity index (χ3n) is 4.82. The van der Waals surface area contributed by atoms with Crippen molar-refractivity contribution in [3.8, 4) is 11.5 Å². The fraction of sp³-hybridized carbons (Fsp3) is 0.562. The van der Waals surface area contributed by atoms with Crippen LogP contribution in [0.25, 0.3) is 0 Å². The van der Waals surface area contributed by atoms with E-state index in [-0.39, 0.29) is 23.0 Å². The van der Waals surface area contributed by atoms with Crippen LogP contribution < -0.4 is 0 Å². The van der Waals surface area contributed by atoms with Gasteiger partial charge in [0.05, 0.1) is 5.56 Å². The number of rotatable bonds is 1. The number of phenolic OH excluding ortho intramolecular Hbond substituents is 2. The maximum Gasteiger partial charge on any atom is 0.257 e. The molecule has 0 bridgehead atoms. The molecule has 2 N–H and O–H groups in total. The zero-order valence-electron chi connectivity index (χ0n) is 11.6. The lowest BCUT2D eigenvalue weighted by Gasteiger charge is -2.41. The van der Waals surface area contributed by atoms with Gasteiger partial charge in [-0.25, -0.2) is 0 Å². The number of piperidine rings is 1. The largest absolute Gasteiger partial charge is 0.504 e. The predicted octanol–water partition coefficient (Wildman–Crippen LogP) is 2.75. The summed E-state index contributed by atoms with van der Waals surface area (Å²) in [5.41, 5.74) is 0.208. The molecule has 4 heteroatoms. The van der Waals surface area contributed by atoms with Crippen LogP contribution in [0.3, 0.4) is 0 Å². The fourth-order valence-corrected chi connectivity index (χ4v) is 3.66. The van der Waals surface area contributed by atoms with E-state index < -0.39 is 0 Å². The summed E-state index contributed by atoms with van der Waals surface area (Å²) in [7, 11) is 0. The van der Waals surface area contributed by atoms with E-state index in [0.29, 0.717) is 5.92 Å². The second-order valence-corrected chi connectivity index (χ2v) is 6.02. The number of amides is 1. The molecule has 2 aliphatic rings. The lowest BCUT2D eigenvalue weighted by Crippen LogP contribution is -2.44. The first-order valence-electron chi connectivity index (χ1n) is 7.47. The van der Waals surface area contributed by atoms with Gasteiger partial charge in [-0.1, -0.05) is 25.3 Å². The van der Waals surface area contributed by atoms with Gasteiger partial charge in [-0.3, -0.25) is 4.79 Å². The number of para-hydroxylation sites is 1. The SMILES string of the molecule is O=C(c1cccc(O)c1O)N1CCC2CCCCC2C1. The summed E-state index contributed by atoms with van der Waals surface area (Å²) >= 11 is 0. The van der Waals surface area contributed by atoms with Gasteiger partial charge in [0.1, 0.15) is 0 Å². The van der Waals surface area contributed by atoms with E-state index in [4.69, 9.17) is 0 Å². The summed E-state index contributed by atoms with van der Waals surface area (Å²) in [5, 5.41) is 19.3. The number of likely N-dealkylation sites (tertiary alicyclic amines) is 1. The van der Waals surface area contributed by atoms with E-state index in [0.717, 1.165) is 25.4 Å². The summed E-state index contributed by atoms with van der Waals surface area (Å²) in [5.74, 6) is 0.681. The molecule has 0 spiro atoms. The van der Waals surface area contributed by atoms with Gasteiger partial charge in [-0.15, -0.1) is 0 Å². The van der Waals surface area contributed by atoms with Crippen LogP contribution in [-0.2, 0) is 0 Å². The molecule has 1 saturated carbocycles. The predicted molar refractivity (Wildman–Crippen MR) is 75.7 cm³/mol. The zero-order chi connectivity index (χ0) is 14.1. The molecular weight excluding hydrogens is 254 g/mol. The van der Waals surface area contributed by atoms with Crippen molar-refractivity contribution < 1.29 is 15.0 Å². The molecule has 1 aromatic carbocycles. The lowest BCUT2D eigenvalue weighted by molar-refractivity contribution is 0.0517. The van der Waals surface area contributed by atoms with Gasteiger partial charge < -0.3 is 15.1 Å². The third kappa shape index (κ3) is 2.35. The molecule has 1 amide bonds. The minimum atomic E-state index is -0.303. The summed E-state index contributed by atoms with van der Waals surface area (Å²) in [6.45, 7) is 1.55. The van der Waals surface area contributed by atoms with Gasteiger partial charge in [0, 0.05) is 13.1 Å². The van der Waals surface area contributed by atoms with Crippen molar-refractivity contribution in [3.05, 3.63) is 23.8 Å². The van der Waals surface area contributed by atoms with E-state index in [1.807, 2.05) is 4.90 Å². The smallest absolute Gasteiger partial charge is 0.257 e. The number of nitrogens with zero attached hydrogens (tertiary/aromatic N) is 1. The van der Waals surface area contributed by atoms with Crippen LogP contribution in [0, 0.1) is 11.8 Å². The Kier molecular flexibility index (Phi) is 3.55. The van der Waals surface area contributed by atoms with Crippen molar-refractivity contribution in [3.63, 3.8) is 0 Å². The molecule has 1 aliphatic heterocycles. The Balaban J connectivity index is 1.76. The molecule has 1 saturated heterocycles. The molecule has 20 heavy (non-hydrogen) atoms. The Morgan fingerprint density at radius 3 is 2.65 bits per heavy atom. The fourth-order valence-electron chi connectivity index (χ4n) is 3.66. The molecule has 2 atom stereocenters. The summed E-state index contributed by atoms with van der Waals surface area (Å²) in [6.07, 6.45) is 6.16. The van der Waals surface area contributed by atoms with Crippen LogP contribution in [0.2, 0.25) is 0 Å². The quantitative estimate of drug-likeness (QED) is 0.775. The molecule has 2 unspecified atom stereocenters. The number of aromatic hydroxyl groups is 2. The number of carbonyl (C=O) groups is 1. The Labute approximate surface area is 119 Å². The average Bonchev–Trinajstić information content (AvgIpc) is 2.49. The number of phenols is 2. The van der Waals surface area contributed by atoms with E-state index in [9.17, 15) is 15.0 Å². The minimum absolute atomic E-state index is 0.164. The summed E-state index contributed by atoms with van der Waals surface area (Å²) < 4.78 is 0. The summed E-state index contributed by atoms with van der Waals surface area (Å²) in [4.78, 5) is 14.3. The molecule has 0 radical (unpaired) electrons. The minimum Gasteiger partial charge on any atom is -0.504 e. The number of hydrogen-bond acceptors (Lipinski definition) is 3. The highest BCUT2D eigenvalue weighted by Crippen LogP contribution is 2.37. The van der Waals surface area contributed by atoms with Crippen LogP contribution in [-0.4, -0.2) is 34.1 Å². The average molecular weight is 275 g/mol. The summed E-state index contributed by atoms with van der Waals surface area (Å²) in [6, 6.07) is 4.56. The number of hydrogen-bond donors (Lipinski definition) is 2. The van der Waals surface area contributed by atoms with Crippen LogP contribution in [0.5, 0.6) is 11.5 Å². The monoisotopic (exact) mass is 275 g/mol. The highest BCUT2D eigenvalue weighted by molar-refractivity contribution is 5.97. The Morgan fingerprint density at radius 2 is 1.85 bits per heavy atom. The van der Waals surface area contributed by atoms with Gasteiger partial charge in [-0.05, 0) is 36.8 Å². The normalized spacial score (nSPS) is 26.1. The second kappa shape index (κ2) is 5.35. The third-order valence-corrected chi connectivity index (χ3v) is 4.82. The van der Waals surface area contributed by atoms with Crippen molar-refractivity contribution in [1.82, 2.24) is 4.90 Å². The molecule has 2 fully saturated rings. The first kappa shape index (κ1) is 13.3. The molecule has 108 valence electrons. The molecule has 1 heterocycles.